The smallest absolute Gasteiger partial charge is 0.216 e. The van der Waals surface area contributed by atoms with Gasteiger partial charge in [0.15, 0.2) is 0 Å². The lowest BCUT2D eigenvalue weighted by Crippen LogP contribution is -2.48. The predicted molar refractivity (Wildman–Crippen MR) is 84.8 cm³/mol. The third-order valence-electron chi connectivity index (χ3n) is 3.66. The molecule has 1 heterocycles. The third-order valence-corrected chi connectivity index (χ3v) is 6.18. The van der Waals surface area contributed by atoms with Crippen molar-refractivity contribution in [1.82, 2.24) is 9.03 Å². The van der Waals surface area contributed by atoms with E-state index < -0.39 is 20.2 Å². The average molecular weight is 347 g/mol. The summed E-state index contributed by atoms with van der Waals surface area (Å²) >= 11 is 0. The van der Waals surface area contributed by atoms with Gasteiger partial charge in [-0.1, -0.05) is 30.3 Å². The Morgan fingerprint density at radius 3 is 2.23 bits per heavy atom. The fourth-order valence-electron chi connectivity index (χ4n) is 2.44. The van der Waals surface area contributed by atoms with E-state index in [-0.39, 0.29) is 24.9 Å². The van der Waals surface area contributed by atoms with Crippen LogP contribution in [0.2, 0.25) is 0 Å². The molecule has 3 N–H and O–H groups in total. The molecular weight excluding hydrogens is 326 g/mol. The number of nitrogens with one attached hydrogen (secondary N) is 1. The molecule has 1 fully saturated rings. The molecule has 9 heteroatoms. The normalized spacial score (nSPS) is 18.4. The molecule has 1 saturated heterocycles. The zero-order valence-corrected chi connectivity index (χ0v) is 13.8. The first kappa shape index (κ1) is 17.4. The molecule has 1 aliphatic rings. The molecule has 0 aromatic heterocycles. The van der Waals surface area contributed by atoms with Crippen molar-refractivity contribution < 1.29 is 16.8 Å². The second-order valence-electron chi connectivity index (χ2n) is 5.39. The molecule has 2 rings (SSSR count). The first-order valence-electron chi connectivity index (χ1n) is 7.08. The fraction of sp³-hybridized carbons (Fsp3) is 0.538. The van der Waals surface area contributed by atoms with Gasteiger partial charge in [-0.25, -0.2) is 18.3 Å². The first-order chi connectivity index (χ1) is 10.3. The highest BCUT2D eigenvalue weighted by Gasteiger charge is 2.27. The molecule has 1 aromatic rings. The van der Waals surface area contributed by atoms with E-state index in [1.54, 1.807) is 0 Å². The topological polar surface area (TPSA) is 110 Å². The van der Waals surface area contributed by atoms with Gasteiger partial charge in [0.1, 0.15) is 0 Å². The largest absolute Gasteiger partial charge is 0.276 e. The standard InChI is InChI=1S/C13H21N3O4S2/c14-22(19,20)16-9-6-13(7-10-16)15-21(17,18)11-8-12-4-2-1-3-5-12/h1-5,13,15H,6-11H2,(H2,14,19,20). The van der Waals surface area contributed by atoms with Crippen LogP contribution in [0.25, 0.3) is 0 Å². The molecular formula is C13H21N3O4S2. The minimum atomic E-state index is -3.68. The average Bonchev–Trinajstić information content (AvgIpc) is 2.46. The quantitative estimate of drug-likeness (QED) is 0.743. The van der Waals surface area contributed by atoms with E-state index in [0.29, 0.717) is 19.3 Å². The minimum absolute atomic E-state index is 0.0203. The summed E-state index contributed by atoms with van der Waals surface area (Å²) < 4.78 is 50.4. The van der Waals surface area contributed by atoms with Crippen LogP contribution in [0.15, 0.2) is 30.3 Å². The summed E-state index contributed by atoms with van der Waals surface area (Å²) in [6, 6.07) is 9.17. The van der Waals surface area contributed by atoms with Crippen LogP contribution < -0.4 is 9.86 Å². The zero-order valence-electron chi connectivity index (χ0n) is 12.2. The first-order valence-corrected chi connectivity index (χ1v) is 10.2. The Balaban J connectivity index is 1.83. The van der Waals surface area contributed by atoms with Crippen molar-refractivity contribution in [3.8, 4) is 0 Å². The predicted octanol–water partition coefficient (Wildman–Crippen LogP) is -0.184. The molecule has 0 radical (unpaired) electrons. The fourth-order valence-corrected chi connectivity index (χ4v) is 4.52. The summed E-state index contributed by atoms with van der Waals surface area (Å²) in [5.74, 6) is 0.0203. The number of piperidine rings is 1. The maximum absolute atomic E-state index is 12.1. The number of rotatable bonds is 6. The van der Waals surface area contributed by atoms with Crippen molar-refractivity contribution in [3.63, 3.8) is 0 Å². The van der Waals surface area contributed by atoms with Crippen molar-refractivity contribution >= 4 is 20.2 Å². The maximum Gasteiger partial charge on any atom is 0.276 e. The van der Waals surface area contributed by atoms with Gasteiger partial charge in [-0.2, -0.15) is 12.7 Å². The Kier molecular flexibility index (Phi) is 5.56. The van der Waals surface area contributed by atoms with Crippen LogP contribution in [0.1, 0.15) is 18.4 Å². The Bertz CT molecular complexity index is 681. The van der Waals surface area contributed by atoms with Gasteiger partial charge in [0.25, 0.3) is 10.2 Å². The zero-order chi connectivity index (χ0) is 16.2. The van der Waals surface area contributed by atoms with Gasteiger partial charge in [0, 0.05) is 19.1 Å². The van der Waals surface area contributed by atoms with Crippen LogP contribution in [0.4, 0.5) is 0 Å². The number of sulfonamides is 1. The van der Waals surface area contributed by atoms with Crippen LogP contribution in [-0.2, 0) is 26.7 Å². The third kappa shape index (κ3) is 5.33. The summed E-state index contributed by atoms with van der Waals surface area (Å²) in [6.07, 6.45) is 1.31. The van der Waals surface area contributed by atoms with Crippen LogP contribution in [-0.4, -0.2) is 46.0 Å². The van der Waals surface area contributed by atoms with Crippen molar-refractivity contribution in [1.29, 1.82) is 0 Å². The number of nitrogens with two attached hydrogens (primary N) is 1. The van der Waals surface area contributed by atoms with Gasteiger partial charge in [-0.15, -0.1) is 0 Å². The summed E-state index contributed by atoms with van der Waals surface area (Å²) in [5.41, 5.74) is 0.969. The van der Waals surface area contributed by atoms with E-state index >= 15 is 0 Å². The monoisotopic (exact) mass is 347 g/mol. The van der Waals surface area contributed by atoms with Crippen LogP contribution in [0.5, 0.6) is 0 Å². The number of hydrogen-bond donors (Lipinski definition) is 2. The Labute approximate surface area is 131 Å². The molecule has 0 unspecified atom stereocenters. The summed E-state index contributed by atoms with van der Waals surface area (Å²) in [5, 5.41) is 5.05. The van der Waals surface area contributed by atoms with Crippen LogP contribution >= 0.6 is 0 Å². The van der Waals surface area contributed by atoms with Gasteiger partial charge in [0.2, 0.25) is 10.0 Å². The maximum atomic E-state index is 12.1. The number of aryl methyl sites for hydroxylation is 1. The molecule has 124 valence electrons. The minimum Gasteiger partial charge on any atom is -0.216 e. The molecule has 0 aliphatic carbocycles. The van der Waals surface area contributed by atoms with Crippen LogP contribution in [0, 0.1) is 0 Å². The van der Waals surface area contributed by atoms with Gasteiger partial charge < -0.3 is 0 Å². The number of benzene rings is 1. The summed E-state index contributed by atoms with van der Waals surface area (Å²) in [7, 11) is -7.06. The molecule has 0 saturated carbocycles. The molecule has 7 nitrogen and oxygen atoms in total. The highest BCUT2D eigenvalue weighted by Crippen LogP contribution is 2.13. The highest BCUT2D eigenvalue weighted by molar-refractivity contribution is 7.89. The van der Waals surface area contributed by atoms with Gasteiger partial charge in [-0.05, 0) is 24.8 Å². The van der Waals surface area contributed by atoms with E-state index in [2.05, 4.69) is 4.72 Å². The van der Waals surface area contributed by atoms with Crippen molar-refractivity contribution in [2.75, 3.05) is 18.8 Å². The summed E-state index contributed by atoms with van der Waals surface area (Å²) in [4.78, 5) is 0. The Morgan fingerprint density at radius 1 is 1.09 bits per heavy atom. The van der Waals surface area contributed by atoms with E-state index in [0.717, 1.165) is 5.56 Å². The second kappa shape index (κ2) is 7.05. The van der Waals surface area contributed by atoms with E-state index in [4.69, 9.17) is 5.14 Å². The lowest BCUT2D eigenvalue weighted by molar-refractivity contribution is 0.309. The van der Waals surface area contributed by atoms with E-state index in [1.807, 2.05) is 30.3 Å². The second-order valence-corrected chi connectivity index (χ2v) is 8.81. The van der Waals surface area contributed by atoms with Gasteiger partial charge in [-0.3, -0.25) is 0 Å². The lowest BCUT2D eigenvalue weighted by atomic mass is 10.1. The Morgan fingerprint density at radius 2 is 1.68 bits per heavy atom. The Hall–Kier alpha value is -1.00. The van der Waals surface area contributed by atoms with Crippen LogP contribution in [0.3, 0.4) is 0 Å². The lowest BCUT2D eigenvalue weighted by Gasteiger charge is -2.30. The number of nitrogens with zero attached hydrogens (tertiary/aromatic N) is 1. The molecule has 0 atom stereocenters. The molecule has 0 amide bonds. The molecule has 1 aromatic carbocycles. The van der Waals surface area contributed by atoms with E-state index in [9.17, 15) is 16.8 Å². The molecule has 0 spiro atoms. The van der Waals surface area contributed by atoms with Crippen molar-refractivity contribution in [3.05, 3.63) is 35.9 Å². The van der Waals surface area contributed by atoms with Crippen molar-refractivity contribution in [2.45, 2.75) is 25.3 Å². The molecule has 22 heavy (non-hydrogen) atoms. The molecule has 1 aliphatic heterocycles. The van der Waals surface area contributed by atoms with E-state index in [1.165, 1.54) is 4.31 Å². The summed E-state index contributed by atoms with van der Waals surface area (Å²) in [6.45, 7) is 0.482. The highest BCUT2D eigenvalue weighted by atomic mass is 32.2. The van der Waals surface area contributed by atoms with Crippen molar-refractivity contribution in [2.24, 2.45) is 5.14 Å². The number of hydrogen-bond acceptors (Lipinski definition) is 4. The molecule has 0 bridgehead atoms. The van der Waals surface area contributed by atoms with Gasteiger partial charge >= 0.3 is 0 Å². The SMILES string of the molecule is NS(=O)(=O)N1CCC(NS(=O)(=O)CCc2ccccc2)CC1. The van der Waals surface area contributed by atoms with Gasteiger partial charge in [0.05, 0.1) is 5.75 Å².